The van der Waals surface area contributed by atoms with Crippen LogP contribution in [0.2, 0.25) is 0 Å². The van der Waals surface area contributed by atoms with E-state index in [1.54, 1.807) is 0 Å². The van der Waals surface area contributed by atoms with E-state index in [0.29, 0.717) is 6.07 Å². The van der Waals surface area contributed by atoms with E-state index in [2.05, 4.69) is 0 Å². The molecule has 0 heterocycles. The Bertz CT molecular complexity index is 689. The number of nitro groups is 1. The summed E-state index contributed by atoms with van der Waals surface area (Å²) in [5, 5.41) is 20.5. The number of nitro benzene ring substituents is 1. The number of nitrogens with zero attached hydrogens (tertiary/aromatic N) is 1. The molecule has 0 spiro atoms. The Morgan fingerprint density at radius 2 is 1.95 bits per heavy atom. The van der Waals surface area contributed by atoms with E-state index in [1.807, 2.05) is 0 Å². The molecule has 7 heteroatoms. The predicted octanol–water partition coefficient (Wildman–Crippen LogP) is 3.72. The molecule has 0 aromatic heterocycles. The Balaban J connectivity index is 2.49. The van der Waals surface area contributed by atoms with Crippen LogP contribution in [0.5, 0.6) is 11.5 Å². The van der Waals surface area contributed by atoms with Gasteiger partial charge in [0.1, 0.15) is 17.4 Å². The molecular weight excluding hydrogens is 284 g/mol. The van der Waals surface area contributed by atoms with Crippen molar-refractivity contribution in [1.29, 1.82) is 0 Å². The zero-order valence-electron chi connectivity index (χ0n) is 10.9. The highest BCUT2D eigenvalue weighted by molar-refractivity contribution is 5.50. The molecule has 0 saturated carbocycles. The highest BCUT2D eigenvalue weighted by Gasteiger charge is 2.20. The van der Waals surface area contributed by atoms with Gasteiger partial charge in [0.15, 0.2) is 0 Å². The fourth-order valence-electron chi connectivity index (χ4n) is 1.85. The summed E-state index contributed by atoms with van der Waals surface area (Å²) in [7, 11) is 0. The van der Waals surface area contributed by atoms with E-state index >= 15 is 0 Å². The Kier molecular flexibility index (Phi) is 4.13. The molecule has 1 atom stereocenters. The third-order valence-electron chi connectivity index (χ3n) is 2.77. The third-order valence-corrected chi connectivity index (χ3v) is 2.77. The number of hydrogen-bond acceptors (Lipinski definition) is 4. The summed E-state index contributed by atoms with van der Waals surface area (Å²) >= 11 is 0. The molecule has 0 aliphatic rings. The fraction of sp³-hybridized carbons (Fsp3) is 0.143. The maximum absolute atomic E-state index is 13.7. The van der Waals surface area contributed by atoms with E-state index < -0.39 is 28.3 Å². The van der Waals surface area contributed by atoms with Gasteiger partial charge in [-0.1, -0.05) is 6.07 Å². The van der Waals surface area contributed by atoms with Gasteiger partial charge in [0.05, 0.1) is 22.7 Å². The predicted molar refractivity (Wildman–Crippen MR) is 70.2 cm³/mol. The minimum absolute atomic E-state index is 0.0697. The average molecular weight is 295 g/mol. The Hall–Kier alpha value is -2.54. The van der Waals surface area contributed by atoms with Gasteiger partial charge in [-0.15, -0.1) is 0 Å². The van der Waals surface area contributed by atoms with Gasteiger partial charge in [-0.05, 0) is 31.2 Å². The second kappa shape index (κ2) is 5.84. The topological polar surface area (TPSA) is 72.6 Å². The van der Waals surface area contributed by atoms with Crippen molar-refractivity contribution in [2.75, 3.05) is 0 Å². The van der Waals surface area contributed by atoms with Crippen molar-refractivity contribution in [1.82, 2.24) is 0 Å². The molecular formula is C14H11F2NO4. The maximum Gasteiger partial charge on any atom is 0.314 e. The van der Waals surface area contributed by atoms with Gasteiger partial charge in [-0.2, -0.15) is 0 Å². The van der Waals surface area contributed by atoms with Crippen LogP contribution in [0.1, 0.15) is 18.6 Å². The SMILES string of the molecule is CC(O)c1c(F)cccc1Oc1ccc(F)cc1[N+](=O)[O-]. The zero-order chi connectivity index (χ0) is 15.6. The molecule has 0 amide bonds. The van der Waals surface area contributed by atoms with Crippen LogP contribution in [0.3, 0.4) is 0 Å². The highest BCUT2D eigenvalue weighted by atomic mass is 19.1. The van der Waals surface area contributed by atoms with Crippen molar-refractivity contribution < 1.29 is 23.5 Å². The van der Waals surface area contributed by atoms with Crippen LogP contribution in [0, 0.1) is 21.7 Å². The number of hydrogen-bond donors (Lipinski definition) is 1. The van der Waals surface area contributed by atoms with Gasteiger partial charge in [0.2, 0.25) is 5.75 Å². The number of ether oxygens (including phenoxy) is 1. The standard InChI is InChI=1S/C14H11F2NO4/c1-8(18)14-10(16)3-2-4-13(14)21-12-6-5-9(15)7-11(12)17(19)20/h2-8,18H,1H3. The van der Waals surface area contributed by atoms with Crippen molar-refractivity contribution in [3.63, 3.8) is 0 Å². The van der Waals surface area contributed by atoms with Crippen LogP contribution >= 0.6 is 0 Å². The lowest BCUT2D eigenvalue weighted by atomic mass is 10.1. The second-order valence-electron chi connectivity index (χ2n) is 4.30. The van der Waals surface area contributed by atoms with Crippen LogP contribution in [-0.4, -0.2) is 10.0 Å². The molecule has 0 fully saturated rings. The molecule has 2 rings (SSSR count). The maximum atomic E-state index is 13.7. The largest absolute Gasteiger partial charge is 0.450 e. The number of benzene rings is 2. The summed E-state index contributed by atoms with van der Waals surface area (Å²) in [6, 6.07) is 6.60. The summed E-state index contributed by atoms with van der Waals surface area (Å²) in [5.41, 5.74) is -0.716. The molecule has 0 aliphatic carbocycles. The van der Waals surface area contributed by atoms with Crippen LogP contribution in [0.25, 0.3) is 0 Å². The molecule has 21 heavy (non-hydrogen) atoms. The first-order valence-electron chi connectivity index (χ1n) is 5.98. The number of aliphatic hydroxyl groups is 1. The van der Waals surface area contributed by atoms with Gasteiger partial charge in [-0.3, -0.25) is 10.1 Å². The van der Waals surface area contributed by atoms with Gasteiger partial charge in [-0.25, -0.2) is 8.78 Å². The third kappa shape index (κ3) is 3.14. The summed E-state index contributed by atoms with van der Waals surface area (Å²) in [5.74, 6) is -1.80. The lowest BCUT2D eigenvalue weighted by molar-refractivity contribution is -0.385. The first-order chi connectivity index (χ1) is 9.90. The molecule has 5 nitrogen and oxygen atoms in total. The molecule has 110 valence electrons. The summed E-state index contributed by atoms with van der Waals surface area (Å²) in [6.45, 7) is 1.34. The van der Waals surface area contributed by atoms with Crippen molar-refractivity contribution >= 4 is 5.69 Å². The smallest absolute Gasteiger partial charge is 0.314 e. The first-order valence-corrected chi connectivity index (χ1v) is 5.98. The van der Waals surface area contributed by atoms with E-state index in [1.165, 1.54) is 19.1 Å². The molecule has 0 radical (unpaired) electrons. The van der Waals surface area contributed by atoms with Gasteiger partial charge in [0, 0.05) is 0 Å². The second-order valence-corrected chi connectivity index (χ2v) is 4.30. The Labute approximate surface area is 118 Å². The van der Waals surface area contributed by atoms with Crippen molar-refractivity contribution in [3.05, 3.63) is 63.7 Å². The van der Waals surface area contributed by atoms with Gasteiger partial charge >= 0.3 is 5.69 Å². The summed E-state index contributed by atoms with van der Waals surface area (Å²) in [4.78, 5) is 10.1. The number of rotatable bonds is 4. The zero-order valence-corrected chi connectivity index (χ0v) is 10.9. The fourth-order valence-corrected chi connectivity index (χ4v) is 1.85. The van der Waals surface area contributed by atoms with Crippen molar-refractivity contribution in [2.45, 2.75) is 13.0 Å². The van der Waals surface area contributed by atoms with Crippen LogP contribution in [0.15, 0.2) is 36.4 Å². The Morgan fingerprint density at radius 1 is 1.24 bits per heavy atom. The van der Waals surface area contributed by atoms with E-state index in [-0.39, 0.29) is 17.1 Å². The monoisotopic (exact) mass is 295 g/mol. The first kappa shape index (κ1) is 14.9. The van der Waals surface area contributed by atoms with E-state index in [9.17, 15) is 24.0 Å². The van der Waals surface area contributed by atoms with E-state index in [0.717, 1.165) is 18.2 Å². The number of halogens is 2. The molecule has 0 bridgehead atoms. The summed E-state index contributed by atoms with van der Waals surface area (Å²) in [6.07, 6.45) is -1.17. The minimum atomic E-state index is -1.17. The van der Waals surface area contributed by atoms with Crippen molar-refractivity contribution in [3.8, 4) is 11.5 Å². The van der Waals surface area contributed by atoms with E-state index in [4.69, 9.17) is 4.74 Å². The van der Waals surface area contributed by atoms with Crippen LogP contribution in [-0.2, 0) is 0 Å². The van der Waals surface area contributed by atoms with Crippen molar-refractivity contribution in [2.24, 2.45) is 0 Å². The number of aliphatic hydroxyl groups excluding tert-OH is 1. The Morgan fingerprint density at radius 3 is 2.57 bits per heavy atom. The van der Waals surface area contributed by atoms with Crippen LogP contribution < -0.4 is 4.74 Å². The van der Waals surface area contributed by atoms with Gasteiger partial charge < -0.3 is 9.84 Å². The average Bonchev–Trinajstić information content (AvgIpc) is 2.40. The normalized spacial score (nSPS) is 12.0. The molecule has 2 aromatic carbocycles. The lowest BCUT2D eigenvalue weighted by Gasteiger charge is -2.13. The molecule has 1 N–H and O–H groups in total. The minimum Gasteiger partial charge on any atom is -0.450 e. The highest BCUT2D eigenvalue weighted by Crippen LogP contribution is 2.36. The molecule has 1 unspecified atom stereocenters. The molecule has 2 aromatic rings. The van der Waals surface area contributed by atoms with Crippen LogP contribution in [0.4, 0.5) is 14.5 Å². The molecule has 0 aliphatic heterocycles. The van der Waals surface area contributed by atoms with Gasteiger partial charge in [0.25, 0.3) is 0 Å². The summed E-state index contributed by atoms with van der Waals surface area (Å²) < 4.78 is 32.0. The quantitative estimate of drug-likeness (QED) is 0.689. The lowest BCUT2D eigenvalue weighted by Crippen LogP contribution is -2.01. The molecule has 0 saturated heterocycles.